The second kappa shape index (κ2) is 9.46. The molecule has 0 radical (unpaired) electrons. The number of nitrogens with zero attached hydrogens (tertiary/aromatic N) is 6. The first-order valence-electron chi connectivity index (χ1n) is 12.0. The number of rotatable bonds is 5. The number of pyridine rings is 1. The highest BCUT2D eigenvalue weighted by molar-refractivity contribution is 5.90. The van der Waals surface area contributed by atoms with Crippen LogP contribution in [0.25, 0.3) is 11.0 Å². The van der Waals surface area contributed by atoms with E-state index in [9.17, 15) is 0 Å². The van der Waals surface area contributed by atoms with Crippen LogP contribution in [0.15, 0.2) is 59.8 Å². The van der Waals surface area contributed by atoms with Gasteiger partial charge in [0.05, 0.1) is 31.3 Å². The molecule has 1 fully saturated rings. The summed E-state index contributed by atoms with van der Waals surface area (Å²) in [5.74, 6) is 3.79. The van der Waals surface area contributed by atoms with Crippen molar-refractivity contribution in [2.24, 2.45) is 5.10 Å². The number of morpholine rings is 1. The van der Waals surface area contributed by atoms with Crippen molar-refractivity contribution in [2.45, 2.75) is 19.9 Å². The fourth-order valence-corrected chi connectivity index (χ4v) is 4.51. The minimum atomic E-state index is 0.170. The molecule has 0 saturated carbocycles. The predicted octanol–water partition coefficient (Wildman–Crippen LogP) is 3.77. The van der Waals surface area contributed by atoms with E-state index in [1.54, 1.807) is 6.21 Å². The number of aromatic nitrogens is 3. The summed E-state index contributed by atoms with van der Waals surface area (Å²) in [4.78, 5) is 16.1. The van der Waals surface area contributed by atoms with Gasteiger partial charge in [-0.3, -0.25) is 5.01 Å². The van der Waals surface area contributed by atoms with Crippen molar-refractivity contribution in [2.75, 3.05) is 43.1 Å². The Morgan fingerprint density at radius 1 is 1.22 bits per heavy atom. The third-order valence-electron chi connectivity index (χ3n) is 6.31. The first kappa shape index (κ1) is 22.3. The van der Waals surface area contributed by atoms with Gasteiger partial charge in [0.15, 0.2) is 17.4 Å². The molecule has 5 heterocycles. The Morgan fingerprint density at radius 2 is 2.17 bits per heavy atom. The molecule has 10 nitrogen and oxygen atoms in total. The average Bonchev–Trinajstić information content (AvgIpc) is 2.90. The van der Waals surface area contributed by atoms with Crippen LogP contribution < -0.4 is 19.7 Å². The third kappa shape index (κ3) is 4.31. The number of fused-ring (bicyclic) bond motifs is 4. The molecule has 10 heteroatoms. The Hall–Kier alpha value is -4.18. The molecular weight excluding hydrogens is 458 g/mol. The molecular formula is C26H27N7O3. The van der Waals surface area contributed by atoms with Crippen molar-refractivity contribution in [3.63, 3.8) is 0 Å². The van der Waals surface area contributed by atoms with Crippen LogP contribution in [0.5, 0.6) is 11.5 Å². The highest BCUT2D eigenvalue weighted by atomic mass is 16.5. The highest BCUT2D eigenvalue weighted by Gasteiger charge is 2.32. The molecule has 2 aromatic heterocycles. The Labute approximate surface area is 208 Å². The SMILES string of the molecule is C/C=N\N1C=CC(Oc2ccc(Nc3ncnc4cc5c(nc34)N3CCOCC3CO5)cc2C)=CC1. The average molecular weight is 486 g/mol. The number of nitrogens with one attached hydrogen (secondary N) is 1. The first-order valence-corrected chi connectivity index (χ1v) is 12.0. The van der Waals surface area contributed by atoms with E-state index in [-0.39, 0.29) is 6.04 Å². The Bertz CT molecular complexity index is 1390. The van der Waals surface area contributed by atoms with E-state index in [0.717, 1.165) is 46.4 Å². The monoisotopic (exact) mass is 485 g/mol. The summed E-state index contributed by atoms with van der Waals surface area (Å²) in [5.41, 5.74) is 3.31. The number of ether oxygens (including phenoxy) is 3. The number of anilines is 3. The molecule has 0 spiro atoms. The summed E-state index contributed by atoms with van der Waals surface area (Å²) >= 11 is 0. The molecule has 0 amide bonds. The largest absolute Gasteiger partial charge is 0.487 e. The zero-order chi connectivity index (χ0) is 24.5. The van der Waals surface area contributed by atoms with Crippen LogP contribution in [0.4, 0.5) is 17.3 Å². The number of benzene rings is 1. The molecule has 3 aromatic rings. The molecule has 3 aliphatic rings. The van der Waals surface area contributed by atoms with Crippen molar-refractivity contribution in [1.29, 1.82) is 0 Å². The van der Waals surface area contributed by atoms with Gasteiger partial charge < -0.3 is 24.4 Å². The lowest BCUT2D eigenvalue weighted by atomic mass is 10.2. The van der Waals surface area contributed by atoms with Gasteiger partial charge >= 0.3 is 0 Å². The van der Waals surface area contributed by atoms with Gasteiger partial charge in [0, 0.05) is 30.7 Å². The molecule has 1 atom stereocenters. The van der Waals surface area contributed by atoms with Crippen molar-refractivity contribution in [3.05, 3.63) is 60.3 Å². The maximum absolute atomic E-state index is 6.10. The molecule has 1 unspecified atom stereocenters. The summed E-state index contributed by atoms with van der Waals surface area (Å²) in [5, 5.41) is 9.50. The van der Waals surface area contributed by atoms with E-state index in [1.165, 1.54) is 6.33 Å². The second-order valence-corrected chi connectivity index (χ2v) is 8.76. The molecule has 0 bridgehead atoms. The number of hydrazone groups is 1. The minimum absolute atomic E-state index is 0.170. The Morgan fingerprint density at radius 3 is 3.00 bits per heavy atom. The zero-order valence-electron chi connectivity index (χ0n) is 20.2. The van der Waals surface area contributed by atoms with Crippen molar-refractivity contribution in [1.82, 2.24) is 20.0 Å². The first-order chi connectivity index (χ1) is 17.7. The van der Waals surface area contributed by atoms with Gasteiger partial charge in [0.25, 0.3) is 0 Å². The van der Waals surface area contributed by atoms with Gasteiger partial charge in [-0.15, -0.1) is 0 Å². The number of hydrogen-bond donors (Lipinski definition) is 1. The zero-order valence-corrected chi connectivity index (χ0v) is 20.2. The van der Waals surface area contributed by atoms with Crippen LogP contribution in [0, 0.1) is 6.92 Å². The third-order valence-corrected chi connectivity index (χ3v) is 6.31. The van der Waals surface area contributed by atoms with E-state index in [2.05, 4.69) is 25.3 Å². The molecule has 3 aliphatic heterocycles. The van der Waals surface area contributed by atoms with Crippen LogP contribution in [-0.4, -0.2) is 65.1 Å². The lowest BCUT2D eigenvalue weighted by molar-refractivity contribution is 0.0698. The second-order valence-electron chi connectivity index (χ2n) is 8.76. The van der Waals surface area contributed by atoms with E-state index in [1.807, 2.05) is 61.5 Å². The van der Waals surface area contributed by atoms with Crippen LogP contribution in [0.1, 0.15) is 12.5 Å². The van der Waals surface area contributed by atoms with Crippen LogP contribution in [0.3, 0.4) is 0 Å². The van der Waals surface area contributed by atoms with E-state index in [4.69, 9.17) is 19.2 Å². The van der Waals surface area contributed by atoms with Crippen molar-refractivity contribution >= 4 is 34.6 Å². The van der Waals surface area contributed by atoms with Gasteiger partial charge in [0.2, 0.25) is 0 Å². The van der Waals surface area contributed by atoms with Crippen LogP contribution >= 0.6 is 0 Å². The fourth-order valence-electron chi connectivity index (χ4n) is 4.51. The molecule has 1 N–H and O–H groups in total. The quantitative estimate of drug-likeness (QED) is 0.542. The summed E-state index contributed by atoms with van der Waals surface area (Å²) in [6, 6.07) is 8.06. The molecule has 1 saturated heterocycles. The molecule has 6 rings (SSSR count). The Balaban J connectivity index is 1.24. The summed E-state index contributed by atoms with van der Waals surface area (Å²) in [6.45, 7) is 7.27. The minimum Gasteiger partial charge on any atom is -0.487 e. The van der Waals surface area contributed by atoms with Crippen molar-refractivity contribution in [3.8, 4) is 11.5 Å². The molecule has 1 aromatic carbocycles. The predicted molar refractivity (Wildman–Crippen MR) is 138 cm³/mol. The summed E-state index contributed by atoms with van der Waals surface area (Å²) < 4.78 is 17.7. The topological polar surface area (TPSA) is 97.2 Å². The standard InChI is InChI=1S/C26H27N7O3/c1-3-29-32-8-6-20(7-9-32)36-22-5-4-18(12-17(22)2)30-25-24-21(27-16-28-25)13-23-26(31-24)33-10-11-34-14-19(33)15-35-23/h3-8,12-13,16,19H,9-11,14-15H2,1-2H3,(H,27,28,30)/b29-3-. The van der Waals surface area contributed by atoms with Gasteiger partial charge in [-0.25, -0.2) is 15.0 Å². The summed E-state index contributed by atoms with van der Waals surface area (Å²) in [6.07, 6.45) is 9.11. The number of hydrogen-bond acceptors (Lipinski definition) is 10. The lowest BCUT2D eigenvalue weighted by Gasteiger charge is -2.40. The van der Waals surface area contributed by atoms with Crippen molar-refractivity contribution < 1.29 is 14.2 Å². The normalized spacial score (nSPS) is 19.1. The van der Waals surface area contributed by atoms with Gasteiger partial charge in [-0.2, -0.15) is 5.10 Å². The molecule has 36 heavy (non-hydrogen) atoms. The van der Waals surface area contributed by atoms with Crippen LogP contribution in [-0.2, 0) is 4.74 Å². The fraction of sp³-hybridized carbons (Fsp3) is 0.308. The maximum Gasteiger partial charge on any atom is 0.172 e. The highest BCUT2D eigenvalue weighted by Crippen LogP contribution is 2.37. The Kier molecular flexibility index (Phi) is 5.86. The summed E-state index contributed by atoms with van der Waals surface area (Å²) in [7, 11) is 0. The van der Waals surface area contributed by atoms with E-state index in [0.29, 0.717) is 37.7 Å². The lowest BCUT2D eigenvalue weighted by Crippen LogP contribution is -2.51. The smallest absolute Gasteiger partial charge is 0.172 e. The number of allylic oxidation sites excluding steroid dienone is 1. The maximum atomic E-state index is 6.10. The van der Waals surface area contributed by atoms with Gasteiger partial charge in [-0.05, 0) is 49.8 Å². The van der Waals surface area contributed by atoms with E-state index < -0.39 is 0 Å². The van der Waals surface area contributed by atoms with Crippen LogP contribution in [0.2, 0.25) is 0 Å². The van der Waals surface area contributed by atoms with Gasteiger partial charge in [0.1, 0.15) is 30.0 Å². The molecule has 0 aliphatic carbocycles. The number of aryl methyl sites for hydroxylation is 1. The molecule has 184 valence electrons. The van der Waals surface area contributed by atoms with Gasteiger partial charge in [-0.1, -0.05) is 0 Å². The van der Waals surface area contributed by atoms with E-state index >= 15 is 0 Å².